The standard InChI is InChI=1S/C17H21NO2/c1-14-7-5-6-10-17(14)20-13-16(19)12-18-11-15-8-3-2-4-9-15/h2-10,16,18-19H,11-13H2,1H3. The van der Waals surface area contributed by atoms with Crippen molar-refractivity contribution in [3.8, 4) is 5.75 Å². The number of aliphatic hydroxyl groups is 1. The maximum atomic E-state index is 9.89. The first-order valence-corrected chi connectivity index (χ1v) is 6.87. The Morgan fingerprint density at radius 1 is 1.05 bits per heavy atom. The summed E-state index contributed by atoms with van der Waals surface area (Å²) in [5.74, 6) is 0.828. The number of aliphatic hydroxyl groups excluding tert-OH is 1. The molecule has 106 valence electrons. The summed E-state index contributed by atoms with van der Waals surface area (Å²) in [4.78, 5) is 0. The lowest BCUT2D eigenvalue weighted by molar-refractivity contribution is 0.106. The molecule has 0 saturated carbocycles. The summed E-state index contributed by atoms with van der Waals surface area (Å²) >= 11 is 0. The molecule has 0 bridgehead atoms. The van der Waals surface area contributed by atoms with Gasteiger partial charge in [0.05, 0.1) is 0 Å². The smallest absolute Gasteiger partial charge is 0.122 e. The van der Waals surface area contributed by atoms with E-state index >= 15 is 0 Å². The van der Waals surface area contributed by atoms with E-state index in [1.807, 2.05) is 49.4 Å². The lowest BCUT2D eigenvalue weighted by atomic mass is 10.2. The monoisotopic (exact) mass is 271 g/mol. The third kappa shape index (κ3) is 4.68. The van der Waals surface area contributed by atoms with Gasteiger partial charge in [-0.1, -0.05) is 48.5 Å². The van der Waals surface area contributed by atoms with Gasteiger partial charge >= 0.3 is 0 Å². The van der Waals surface area contributed by atoms with Crippen molar-refractivity contribution in [1.82, 2.24) is 5.32 Å². The molecule has 0 saturated heterocycles. The minimum atomic E-state index is -0.515. The molecule has 0 fully saturated rings. The molecular weight excluding hydrogens is 250 g/mol. The lowest BCUT2D eigenvalue weighted by Crippen LogP contribution is -2.31. The number of aryl methyl sites for hydroxylation is 1. The van der Waals surface area contributed by atoms with E-state index in [9.17, 15) is 5.11 Å². The average Bonchev–Trinajstić information content (AvgIpc) is 2.47. The first kappa shape index (κ1) is 14.6. The van der Waals surface area contributed by atoms with Crippen LogP contribution in [0.4, 0.5) is 0 Å². The highest BCUT2D eigenvalue weighted by Gasteiger charge is 2.06. The highest BCUT2D eigenvalue weighted by molar-refractivity contribution is 5.31. The fraction of sp³-hybridized carbons (Fsp3) is 0.294. The molecule has 20 heavy (non-hydrogen) atoms. The van der Waals surface area contributed by atoms with Crippen LogP contribution in [-0.2, 0) is 6.54 Å². The molecule has 2 N–H and O–H groups in total. The van der Waals surface area contributed by atoms with Crippen LogP contribution < -0.4 is 10.1 Å². The van der Waals surface area contributed by atoms with Crippen molar-refractivity contribution in [2.45, 2.75) is 19.6 Å². The molecule has 2 rings (SSSR count). The van der Waals surface area contributed by atoms with E-state index in [1.165, 1.54) is 5.56 Å². The summed E-state index contributed by atoms with van der Waals surface area (Å²) in [6, 6.07) is 17.9. The molecule has 1 unspecified atom stereocenters. The highest BCUT2D eigenvalue weighted by Crippen LogP contribution is 2.16. The zero-order valence-corrected chi connectivity index (χ0v) is 11.8. The second kappa shape index (κ2) is 7.68. The number of rotatable bonds is 7. The van der Waals surface area contributed by atoms with E-state index in [2.05, 4.69) is 17.4 Å². The van der Waals surface area contributed by atoms with Crippen LogP contribution in [0.5, 0.6) is 5.75 Å². The molecule has 0 aliphatic rings. The van der Waals surface area contributed by atoms with Gasteiger partial charge < -0.3 is 15.2 Å². The number of hydrogen-bond donors (Lipinski definition) is 2. The van der Waals surface area contributed by atoms with E-state index in [0.29, 0.717) is 13.2 Å². The molecular formula is C17H21NO2. The van der Waals surface area contributed by atoms with Gasteiger partial charge in [-0.25, -0.2) is 0 Å². The molecule has 0 spiro atoms. The summed E-state index contributed by atoms with van der Waals surface area (Å²) in [5, 5.41) is 13.1. The summed E-state index contributed by atoms with van der Waals surface area (Å²) in [5.41, 5.74) is 2.29. The van der Waals surface area contributed by atoms with Gasteiger partial charge in [0.2, 0.25) is 0 Å². The first-order chi connectivity index (χ1) is 9.75. The van der Waals surface area contributed by atoms with Crippen molar-refractivity contribution in [2.24, 2.45) is 0 Å². The molecule has 0 aliphatic heterocycles. The van der Waals surface area contributed by atoms with Crippen molar-refractivity contribution >= 4 is 0 Å². The van der Waals surface area contributed by atoms with Gasteiger partial charge in [0, 0.05) is 13.1 Å². The van der Waals surface area contributed by atoms with E-state index in [4.69, 9.17) is 4.74 Å². The molecule has 0 heterocycles. The maximum absolute atomic E-state index is 9.89. The topological polar surface area (TPSA) is 41.5 Å². The Balaban J connectivity index is 1.68. The molecule has 0 aromatic heterocycles. The number of ether oxygens (including phenoxy) is 1. The summed E-state index contributed by atoms with van der Waals surface area (Å²) < 4.78 is 5.61. The van der Waals surface area contributed by atoms with Crippen LogP contribution in [0.1, 0.15) is 11.1 Å². The maximum Gasteiger partial charge on any atom is 0.122 e. The zero-order chi connectivity index (χ0) is 14.2. The van der Waals surface area contributed by atoms with Gasteiger partial charge in [0.25, 0.3) is 0 Å². The largest absolute Gasteiger partial charge is 0.491 e. The van der Waals surface area contributed by atoms with Gasteiger partial charge in [-0.15, -0.1) is 0 Å². The summed E-state index contributed by atoms with van der Waals surface area (Å²) in [6.45, 7) is 3.56. The summed E-state index contributed by atoms with van der Waals surface area (Å²) in [7, 11) is 0. The van der Waals surface area contributed by atoms with Gasteiger partial charge in [0.1, 0.15) is 18.5 Å². The van der Waals surface area contributed by atoms with Crippen LogP contribution in [0.2, 0.25) is 0 Å². The van der Waals surface area contributed by atoms with Crippen molar-refractivity contribution in [3.05, 3.63) is 65.7 Å². The van der Waals surface area contributed by atoms with E-state index in [1.54, 1.807) is 0 Å². The van der Waals surface area contributed by atoms with Gasteiger partial charge in [-0.3, -0.25) is 0 Å². The fourth-order valence-electron chi connectivity index (χ4n) is 1.94. The minimum absolute atomic E-state index is 0.298. The SMILES string of the molecule is Cc1ccccc1OCC(O)CNCc1ccccc1. The average molecular weight is 271 g/mol. The number of para-hydroxylation sites is 1. The summed E-state index contributed by atoms with van der Waals surface area (Å²) in [6.07, 6.45) is -0.515. The van der Waals surface area contributed by atoms with Crippen molar-refractivity contribution in [3.63, 3.8) is 0 Å². The Labute approximate surface area is 120 Å². The molecule has 3 nitrogen and oxygen atoms in total. The van der Waals surface area contributed by atoms with Crippen LogP contribution in [0.25, 0.3) is 0 Å². The molecule has 0 amide bonds. The van der Waals surface area contributed by atoms with Gasteiger partial charge in [0.15, 0.2) is 0 Å². The zero-order valence-electron chi connectivity index (χ0n) is 11.8. The Morgan fingerprint density at radius 2 is 1.75 bits per heavy atom. The van der Waals surface area contributed by atoms with Crippen LogP contribution in [0.3, 0.4) is 0 Å². The third-order valence-corrected chi connectivity index (χ3v) is 3.08. The van der Waals surface area contributed by atoms with Crippen molar-refractivity contribution < 1.29 is 9.84 Å². The molecule has 2 aromatic rings. The molecule has 0 aliphatic carbocycles. The Bertz CT molecular complexity index is 513. The Kier molecular flexibility index (Phi) is 5.59. The molecule has 3 heteroatoms. The number of benzene rings is 2. The van der Waals surface area contributed by atoms with Crippen molar-refractivity contribution in [2.75, 3.05) is 13.2 Å². The minimum Gasteiger partial charge on any atom is -0.491 e. The Morgan fingerprint density at radius 3 is 2.50 bits per heavy atom. The number of hydrogen-bond acceptors (Lipinski definition) is 3. The van der Waals surface area contributed by atoms with Crippen molar-refractivity contribution in [1.29, 1.82) is 0 Å². The van der Waals surface area contributed by atoms with E-state index in [-0.39, 0.29) is 0 Å². The molecule has 0 radical (unpaired) electrons. The third-order valence-electron chi connectivity index (χ3n) is 3.08. The second-order valence-corrected chi connectivity index (χ2v) is 4.85. The first-order valence-electron chi connectivity index (χ1n) is 6.87. The Hall–Kier alpha value is -1.84. The van der Waals surface area contributed by atoms with E-state index in [0.717, 1.165) is 17.9 Å². The number of nitrogens with one attached hydrogen (secondary N) is 1. The quantitative estimate of drug-likeness (QED) is 0.813. The predicted molar refractivity (Wildman–Crippen MR) is 80.8 cm³/mol. The van der Waals surface area contributed by atoms with Crippen LogP contribution >= 0.6 is 0 Å². The second-order valence-electron chi connectivity index (χ2n) is 4.85. The lowest BCUT2D eigenvalue weighted by Gasteiger charge is -2.14. The van der Waals surface area contributed by atoms with Crippen LogP contribution in [-0.4, -0.2) is 24.4 Å². The van der Waals surface area contributed by atoms with Crippen LogP contribution in [0, 0.1) is 6.92 Å². The fourth-order valence-corrected chi connectivity index (χ4v) is 1.94. The van der Waals surface area contributed by atoms with Crippen LogP contribution in [0.15, 0.2) is 54.6 Å². The van der Waals surface area contributed by atoms with Gasteiger partial charge in [-0.2, -0.15) is 0 Å². The van der Waals surface area contributed by atoms with Gasteiger partial charge in [-0.05, 0) is 24.1 Å². The predicted octanol–water partition coefficient (Wildman–Crippen LogP) is 2.52. The highest BCUT2D eigenvalue weighted by atomic mass is 16.5. The van der Waals surface area contributed by atoms with E-state index < -0.39 is 6.10 Å². The molecule has 1 atom stereocenters. The normalized spacial score (nSPS) is 12.1. The molecule has 2 aromatic carbocycles.